The Bertz CT molecular complexity index is 378. The molecule has 1 atom stereocenters. The molecular formula is C11H14F2N2O. The number of rotatable bonds is 4. The van der Waals surface area contributed by atoms with E-state index in [0.717, 1.165) is 12.1 Å². The SMILES string of the molecule is CCC(CN)NC(=O)c1ccc(F)c(F)c1. The maximum Gasteiger partial charge on any atom is 0.251 e. The van der Waals surface area contributed by atoms with Gasteiger partial charge in [-0.2, -0.15) is 0 Å². The molecule has 0 aliphatic carbocycles. The van der Waals surface area contributed by atoms with E-state index in [1.807, 2.05) is 6.92 Å². The third kappa shape index (κ3) is 3.00. The van der Waals surface area contributed by atoms with Gasteiger partial charge in [-0.3, -0.25) is 4.79 Å². The fraction of sp³-hybridized carbons (Fsp3) is 0.364. The molecule has 88 valence electrons. The zero-order valence-electron chi connectivity index (χ0n) is 8.97. The average Bonchev–Trinajstić information content (AvgIpc) is 2.29. The summed E-state index contributed by atoms with van der Waals surface area (Å²) in [7, 11) is 0. The van der Waals surface area contributed by atoms with E-state index in [2.05, 4.69) is 5.32 Å². The molecule has 1 unspecified atom stereocenters. The molecule has 0 aromatic heterocycles. The van der Waals surface area contributed by atoms with Crippen molar-refractivity contribution in [1.82, 2.24) is 5.32 Å². The van der Waals surface area contributed by atoms with Gasteiger partial charge in [-0.1, -0.05) is 6.92 Å². The first-order chi connectivity index (χ1) is 7.58. The van der Waals surface area contributed by atoms with Crippen molar-refractivity contribution in [2.45, 2.75) is 19.4 Å². The fourth-order valence-corrected chi connectivity index (χ4v) is 1.23. The largest absolute Gasteiger partial charge is 0.348 e. The van der Waals surface area contributed by atoms with Gasteiger partial charge < -0.3 is 11.1 Å². The van der Waals surface area contributed by atoms with Crippen LogP contribution in [-0.2, 0) is 0 Å². The number of halogens is 2. The molecule has 1 aromatic carbocycles. The number of amides is 1. The Kier molecular flexibility index (Phi) is 4.37. The Labute approximate surface area is 92.6 Å². The summed E-state index contributed by atoms with van der Waals surface area (Å²) in [5.74, 6) is -2.45. The normalized spacial score (nSPS) is 12.2. The zero-order valence-corrected chi connectivity index (χ0v) is 8.97. The van der Waals surface area contributed by atoms with Gasteiger partial charge in [0.15, 0.2) is 11.6 Å². The predicted molar refractivity (Wildman–Crippen MR) is 57.0 cm³/mol. The van der Waals surface area contributed by atoms with Gasteiger partial charge in [-0.05, 0) is 24.6 Å². The van der Waals surface area contributed by atoms with E-state index in [1.165, 1.54) is 6.07 Å². The first-order valence-electron chi connectivity index (χ1n) is 5.04. The molecule has 3 N–H and O–H groups in total. The molecule has 0 spiro atoms. The first kappa shape index (κ1) is 12.6. The van der Waals surface area contributed by atoms with Crippen molar-refractivity contribution in [3.05, 3.63) is 35.4 Å². The second-order valence-electron chi connectivity index (χ2n) is 3.44. The minimum atomic E-state index is -1.03. The van der Waals surface area contributed by atoms with Crippen molar-refractivity contribution < 1.29 is 13.6 Å². The standard InChI is InChI=1S/C11H14F2N2O/c1-2-8(6-14)15-11(16)7-3-4-9(12)10(13)5-7/h3-5,8H,2,6,14H2,1H3,(H,15,16). The lowest BCUT2D eigenvalue weighted by atomic mass is 10.1. The molecule has 0 saturated heterocycles. The summed E-state index contributed by atoms with van der Waals surface area (Å²) >= 11 is 0. The molecule has 0 bridgehead atoms. The fourth-order valence-electron chi connectivity index (χ4n) is 1.23. The molecule has 1 aromatic rings. The summed E-state index contributed by atoms with van der Waals surface area (Å²) in [5, 5.41) is 2.63. The van der Waals surface area contributed by atoms with Crippen LogP contribution in [0.2, 0.25) is 0 Å². The van der Waals surface area contributed by atoms with Crippen LogP contribution in [0.3, 0.4) is 0 Å². The van der Waals surface area contributed by atoms with Crippen LogP contribution in [0.5, 0.6) is 0 Å². The van der Waals surface area contributed by atoms with E-state index in [-0.39, 0.29) is 11.6 Å². The second kappa shape index (κ2) is 5.55. The van der Waals surface area contributed by atoms with Crippen molar-refractivity contribution in [2.24, 2.45) is 5.73 Å². The third-order valence-corrected chi connectivity index (χ3v) is 2.29. The maximum atomic E-state index is 12.9. The number of benzene rings is 1. The van der Waals surface area contributed by atoms with Crippen LogP contribution in [0.1, 0.15) is 23.7 Å². The average molecular weight is 228 g/mol. The van der Waals surface area contributed by atoms with Crippen LogP contribution in [0.4, 0.5) is 8.78 Å². The van der Waals surface area contributed by atoms with Gasteiger partial charge in [-0.25, -0.2) is 8.78 Å². The van der Waals surface area contributed by atoms with Gasteiger partial charge >= 0.3 is 0 Å². The number of nitrogens with two attached hydrogens (primary N) is 1. The van der Waals surface area contributed by atoms with Crippen LogP contribution in [0.25, 0.3) is 0 Å². The van der Waals surface area contributed by atoms with Crippen molar-refractivity contribution in [3.63, 3.8) is 0 Å². The van der Waals surface area contributed by atoms with Gasteiger partial charge in [0.05, 0.1) is 0 Å². The van der Waals surface area contributed by atoms with E-state index < -0.39 is 17.5 Å². The molecular weight excluding hydrogens is 214 g/mol. The summed E-state index contributed by atoms with van der Waals surface area (Å²) in [4.78, 5) is 11.6. The van der Waals surface area contributed by atoms with Crippen molar-refractivity contribution in [3.8, 4) is 0 Å². The highest BCUT2D eigenvalue weighted by Crippen LogP contribution is 2.08. The minimum absolute atomic E-state index is 0.0887. The molecule has 0 radical (unpaired) electrons. The molecule has 0 heterocycles. The highest BCUT2D eigenvalue weighted by Gasteiger charge is 2.12. The Morgan fingerprint density at radius 1 is 1.44 bits per heavy atom. The second-order valence-corrected chi connectivity index (χ2v) is 3.44. The lowest BCUT2D eigenvalue weighted by Crippen LogP contribution is -2.39. The van der Waals surface area contributed by atoms with Crippen LogP contribution in [0.15, 0.2) is 18.2 Å². The van der Waals surface area contributed by atoms with Gasteiger partial charge in [-0.15, -0.1) is 0 Å². The third-order valence-electron chi connectivity index (χ3n) is 2.29. The Hall–Kier alpha value is -1.49. The van der Waals surface area contributed by atoms with Crippen molar-refractivity contribution >= 4 is 5.91 Å². The number of nitrogens with one attached hydrogen (secondary N) is 1. The van der Waals surface area contributed by atoms with E-state index in [9.17, 15) is 13.6 Å². The molecule has 0 aliphatic heterocycles. The molecule has 0 saturated carbocycles. The summed E-state index contributed by atoms with van der Waals surface area (Å²) in [6.07, 6.45) is 0.686. The number of carbonyl (C=O) groups excluding carboxylic acids is 1. The van der Waals surface area contributed by atoms with E-state index in [0.29, 0.717) is 13.0 Å². The van der Waals surface area contributed by atoms with E-state index in [4.69, 9.17) is 5.73 Å². The Morgan fingerprint density at radius 2 is 2.12 bits per heavy atom. The van der Waals surface area contributed by atoms with Crippen LogP contribution < -0.4 is 11.1 Å². The van der Waals surface area contributed by atoms with Crippen LogP contribution in [-0.4, -0.2) is 18.5 Å². The van der Waals surface area contributed by atoms with Crippen molar-refractivity contribution in [2.75, 3.05) is 6.54 Å². The highest BCUT2D eigenvalue weighted by atomic mass is 19.2. The van der Waals surface area contributed by atoms with E-state index >= 15 is 0 Å². The molecule has 1 rings (SSSR count). The topological polar surface area (TPSA) is 55.1 Å². The van der Waals surface area contributed by atoms with Gasteiger partial charge in [0, 0.05) is 18.2 Å². The lowest BCUT2D eigenvalue weighted by Gasteiger charge is -2.14. The quantitative estimate of drug-likeness (QED) is 0.819. The first-order valence-corrected chi connectivity index (χ1v) is 5.04. The Balaban J connectivity index is 2.76. The highest BCUT2D eigenvalue weighted by molar-refractivity contribution is 5.94. The zero-order chi connectivity index (χ0) is 12.1. The van der Waals surface area contributed by atoms with Gasteiger partial charge in [0.25, 0.3) is 5.91 Å². The number of hydrogen-bond acceptors (Lipinski definition) is 2. The number of hydrogen-bond donors (Lipinski definition) is 2. The maximum absolute atomic E-state index is 12.9. The van der Waals surface area contributed by atoms with Crippen LogP contribution >= 0.6 is 0 Å². The van der Waals surface area contributed by atoms with E-state index in [1.54, 1.807) is 0 Å². The van der Waals surface area contributed by atoms with Gasteiger partial charge in [0.2, 0.25) is 0 Å². The molecule has 0 fully saturated rings. The molecule has 1 amide bonds. The summed E-state index contributed by atoms with van der Waals surface area (Å²) in [6, 6.07) is 2.87. The van der Waals surface area contributed by atoms with Crippen LogP contribution in [0, 0.1) is 11.6 Å². The summed E-state index contributed by atoms with van der Waals surface area (Å²) in [5.41, 5.74) is 5.50. The molecule has 16 heavy (non-hydrogen) atoms. The summed E-state index contributed by atoms with van der Waals surface area (Å²) < 4.78 is 25.5. The Morgan fingerprint density at radius 3 is 2.62 bits per heavy atom. The predicted octanol–water partition coefficient (Wildman–Crippen LogP) is 1.43. The lowest BCUT2D eigenvalue weighted by molar-refractivity contribution is 0.0936. The smallest absolute Gasteiger partial charge is 0.251 e. The monoisotopic (exact) mass is 228 g/mol. The number of carbonyl (C=O) groups is 1. The minimum Gasteiger partial charge on any atom is -0.348 e. The van der Waals surface area contributed by atoms with Gasteiger partial charge in [0.1, 0.15) is 0 Å². The molecule has 3 nitrogen and oxygen atoms in total. The molecule has 0 aliphatic rings. The summed E-state index contributed by atoms with van der Waals surface area (Å²) in [6.45, 7) is 2.19. The van der Waals surface area contributed by atoms with Crippen molar-refractivity contribution in [1.29, 1.82) is 0 Å². The molecule has 5 heteroatoms.